The molecule has 0 aliphatic rings. The minimum absolute atomic E-state index is 0.0256. The number of sulfonamides is 1. The van der Waals surface area contributed by atoms with E-state index in [1.165, 1.54) is 25.3 Å². The van der Waals surface area contributed by atoms with Gasteiger partial charge in [-0.15, -0.1) is 6.58 Å². The molecule has 0 spiro atoms. The van der Waals surface area contributed by atoms with Crippen molar-refractivity contribution < 1.29 is 17.9 Å². The molecule has 2 rings (SSSR count). The van der Waals surface area contributed by atoms with Crippen molar-refractivity contribution in [3.05, 3.63) is 89.5 Å². The fourth-order valence-corrected chi connectivity index (χ4v) is 4.55. The van der Waals surface area contributed by atoms with Gasteiger partial charge in [0, 0.05) is 11.6 Å². The summed E-state index contributed by atoms with van der Waals surface area (Å²) >= 11 is 6.10. The molecule has 0 N–H and O–H groups in total. The van der Waals surface area contributed by atoms with Crippen LogP contribution in [-0.2, 0) is 19.6 Å². The zero-order valence-corrected chi connectivity index (χ0v) is 17.3. The van der Waals surface area contributed by atoms with Crippen molar-refractivity contribution in [2.75, 3.05) is 13.7 Å². The topological polar surface area (TPSA) is 63.7 Å². The lowest BCUT2D eigenvalue weighted by atomic mass is 10.00. The van der Waals surface area contributed by atoms with Gasteiger partial charge in [0.05, 0.1) is 23.6 Å². The third kappa shape index (κ3) is 4.70. The zero-order valence-electron chi connectivity index (χ0n) is 15.8. The Morgan fingerprint density at radius 3 is 2.43 bits per heavy atom. The highest BCUT2D eigenvalue weighted by Gasteiger charge is 2.36. The fourth-order valence-electron chi connectivity index (χ4n) is 2.78. The first-order chi connectivity index (χ1) is 13.2. The van der Waals surface area contributed by atoms with Crippen LogP contribution in [0.5, 0.6) is 0 Å². The van der Waals surface area contributed by atoms with Gasteiger partial charge in [-0.05, 0) is 36.8 Å². The Bertz CT molecular complexity index is 984. The molecule has 1 unspecified atom stereocenters. The molecule has 1 atom stereocenters. The molecule has 0 bridgehead atoms. The normalized spacial score (nSPS) is 12.4. The molecule has 0 saturated heterocycles. The van der Waals surface area contributed by atoms with Gasteiger partial charge < -0.3 is 4.74 Å². The lowest BCUT2D eigenvalue weighted by molar-refractivity contribution is -0.136. The maximum atomic E-state index is 13.4. The molecule has 0 amide bonds. The number of benzene rings is 2. The van der Waals surface area contributed by atoms with Gasteiger partial charge in [-0.2, -0.15) is 4.31 Å². The highest BCUT2D eigenvalue weighted by Crippen LogP contribution is 2.34. The molecule has 148 valence electrons. The number of esters is 1. The van der Waals surface area contributed by atoms with Crippen LogP contribution in [0.3, 0.4) is 0 Å². The van der Waals surface area contributed by atoms with Gasteiger partial charge in [0.2, 0.25) is 10.0 Å². The maximum absolute atomic E-state index is 13.4. The predicted molar refractivity (Wildman–Crippen MR) is 111 cm³/mol. The molecule has 0 saturated carbocycles. The highest BCUT2D eigenvalue weighted by molar-refractivity contribution is 7.89. The number of hydrogen-bond donors (Lipinski definition) is 0. The Hall–Kier alpha value is -2.41. The molecule has 0 radical (unpaired) electrons. The standard InChI is InChI=1S/C21H22ClNO4S/c1-5-13-23(28(25,26)19-11-9-15(2)10-12-19)20(16(3)21(24)27-4)17-7-6-8-18(22)14-17/h5-12,14,20H,1,3,13H2,2,4H3. The van der Waals surface area contributed by atoms with Gasteiger partial charge in [0.1, 0.15) is 0 Å². The minimum atomic E-state index is -3.98. The number of hydrogen-bond acceptors (Lipinski definition) is 4. The number of aryl methyl sites for hydroxylation is 1. The molecular weight excluding hydrogens is 398 g/mol. The molecule has 0 aliphatic heterocycles. The van der Waals surface area contributed by atoms with Crippen molar-refractivity contribution in [1.82, 2.24) is 4.31 Å². The Morgan fingerprint density at radius 2 is 1.89 bits per heavy atom. The molecule has 0 aromatic heterocycles. The second kappa shape index (κ2) is 9.19. The summed E-state index contributed by atoms with van der Waals surface area (Å²) in [6.07, 6.45) is 1.45. The zero-order chi connectivity index (χ0) is 20.9. The molecule has 7 heteroatoms. The first-order valence-electron chi connectivity index (χ1n) is 8.44. The van der Waals surface area contributed by atoms with Crippen molar-refractivity contribution in [3.63, 3.8) is 0 Å². The average molecular weight is 420 g/mol. The van der Waals surface area contributed by atoms with E-state index in [1.807, 2.05) is 6.92 Å². The van der Waals surface area contributed by atoms with E-state index in [0.29, 0.717) is 10.6 Å². The number of halogens is 1. The predicted octanol–water partition coefficient (Wildman–Crippen LogP) is 4.30. The van der Waals surface area contributed by atoms with Gasteiger partial charge >= 0.3 is 5.97 Å². The lowest BCUT2D eigenvalue weighted by Crippen LogP contribution is -2.37. The molecule has 28 heavy (non-hydrogen) atoms. The fraction of sp³-hybridized carbons (Fsp3) is 0.190. The Balaban J connectivity index is 2.67. The van der Waals surface area contributed by atoms with Crippen LogP contribution in [0.15, 0.2) is 78.2 Å². The maximum Gasteiger partial charge on any atom is 0.335 e. The van der Waals surface area contributed by atoms with E-state index >= 15 is 0 Å². The summed E-state index contributed by atoms with van der Waals surface area (Å²) < 4.78 is 32.8. The average Bonchev–Trinajstić information content (AvgIpc) is 2.67. The number of methoxy groups -OCH3 is 1. The smallest absolute Gasteiger partial charge is 0.335 e. The van der Waals surface area contributed by atoms with Gasteiger partial charge in [-0.3, -0.25) is 0 Å². The first kappa shape index (κ1) is 21.9. The number of nitrogens with zero attached hydrogens (tertiary/aromatic N) is 1. The Morgan fingerprint density at radius 1 is 1.25 bits per heavy atom. The summed E-state index contributed by atoms with van der Waals surface area (Å²) in [4.78, 5) is 12.3. The molecule has 5 nitrogen and oxygen atoms in total. The number of carbonyl (C=O) groups excluding carboxylic acids is 1. The number of ether oxygens (including phenoxy) is 1. The van der Waals surface area contributed by atoms with Crippen LogP contribution in [0.1, 0.15) is 17.2 Å². The van der Waals surface area contributed by atoms with Crippen LogP contribution in [0.25, 0.3) is 0 Å². The minimum Gasteiger partial charge on any atom is -0.466 e. The lowest BCUT2D eigenvalue weighted by Gasteiger charge is -2.31. The van der Waals surface area contributed by atoms with Crippen LogP contribution >= 0.6 is 11.6 Å². The number of carbonyl (C=O) groups is 1. The quantitative estimate of drug-likeness (QED) is 0.363. The van der Waals surface area contributed by atoms with Crippen molar-refractivity contribution in [3.8, 4) is 0 Å². The van der Waals surface area contributed by atoms with E-state index in [2.05, 4.69) is 13.2 Å². The van der Waals surface area contributed by atoms with Crippen molar-refractivity contribution >= 4 is 27.6 Å². The van der Waals surface area contributed by atoms with E-state index in [-0.39, 0.29) is 17.0 Å². The van der Waals surface area contributed by atoms with E-state index in [1.54, 1.807) is 36.4 Å². The van der Waals surface area contributed by atoms with Crippen LogP contribution < -0.4 is 0 Å². The second-order valence-corrected chi connectivity index (χ2v) is 8.48. The molecule has 0 fully saturated rings. The molecule has 2 aromatic carbocycles. The molecule has 0 aliphatic carbocycles. The summed E-state index contributed by atoms with van der Waals surface area (Å²) in [5.41, 5.74) is 1.40. The summed E-state index contributed by atoms with van der Waals surface area (Å²) in [5.74, 6) is -0.710. The molecule has 0 heterocycles. The monoisotopic (exact) mass is 419 g/mol. The SMILES string of the molecule is C=CCN(C(C(=C)C(=O)OC)c1cccc(Cl)c1)S(=O)(=O)c1ccc(C)cc1. The first-order valence-corrected chi connectivity index (χ1v) is 10.3. The second-order valence-electron chi connectivity index (χ2n) is 6.15. The Kier molecular flexibility index (Phi) is 7.18. The van der Waals surface area contributed by atoms with Crippen LogP contribution in [0, 0.1) is 6.92 Å². The molecular formula is C21H22ClNO4S. The van der Waals surface area contributed by atoms with Crippen LogP contribution in [0.4, 0.5) is 0 Å². The Labute approximate surface area is 170 Å². The van der Waals surface area contributed by atoms with Crippen LogP contribution in [-0.4, -0.2) is 32.3 Å². The van der Waals surface area contributed by atoms with Crippen molar-refractivity contribution in [2.45, 2.75) is 17.9 Å². The summed E-state index contributed by atoms with van der Waals surface area (Å²) in [6.45, 7) is 9.29. The highest BCUT2D eigenvalue weighted by atomic mass is 35.5. The summed E-state index contributed by atoms with van der Waals surface area (Å²) in [5, 5.41) is 0.409. The number of rotatable bonds is 8. The largest absolute Gasteiger partial charge is 0.466 e. The van der Waals surface area contributed by atoms with Crippen LogP contribution in [0.2, 0.25) is 5.02 Å². The van der Waals surface area contributed by atoms with E-state index in [9.17, 15) is 13.2 Å². The van der Waals surface area contributed by atoms with E-state index in [4.69, 9.17) is 16.3 Å². The third-order valence-corrected chi connectivity index (χ3v) is 6.25. The van der Waals surface area contributed by atoms with Crippen molar-refractivity contribution in [2.24, 2.45) is 0 Å². The van der Waals surface area contributed by atoms with E-state index < -0.39 is 22.0 Å². The van der Waals surface area contributed by atoms with Gasteiger partial charge in [-0.1, -0.05) is 54.1 Å². The van der Waals surface area contributed by atoms with E-state index in [0.717, 1.165) is 9.87 Å². The van der Waals surface area contributed by atoms with Crippen molar-refractivity contribution in [1.29, 1.82) is 0 Å². The third-order valence-electron chi connectivity index (χ3n) is 4.17. The van der Waals surface area contributed by atoms with Gasteiger partial charge in [0.15, 0.2) is 0 Å². The summed E-state index contributed by atoms with van der Waals surface area (Å²) in [6, 6.07) is 12.1. The summed E-state index contributed by atoms with van der Waals surface area (Å²) in [7, 11) is -2.76. The molecule has 2 aromatic rings. The van der Waals surface area contributed by atoms with Gasteiger partial charge in [-0.25, -0.2) is 13.2 Å². The van der Waals surface area contributed by atoms with Gasteiger partial charge in [0.25, 0.3) is 0 Å².